The van der Waals surface area contributed by atoms with Crippen molar-refractivity contribution in [3.63, 3.8) is 0 Å². The third kappa shape index (κ3) is 4.61. The van der Waals surface area contributed by atoms with E-state index in [1.54, 1.807) is 18.2 Å². The first-order valence-electron chi connectivity index (χ1n) is 11.4. The molecule has 2 bridgehead atoms. The summed E-state index contributed by atoms with van der Waals surface area (Å²) in [6.45, 7) is 11.9. The topological polar surface area (TPSA) is 90.2 Å². The minimum absolute atomic E-state index is 0.0909. The molecular formula is C24H26ClN5O4. The Kier molecular flexibility index (Phi) is 5.96. The maximum atomic E-state index is 12.8. The molecular weight excluding hydrogens is 458 g/mol. The lowest BCUT2D eigenvalue weighted by atomic mass is 9.92. The zero-order chi connectivity index (χ0) is 23.9. The highest BCUT2D eigenvalue weighted by molar-refractivity contribution is 6.33. The molecule has 3 aliphatic rings. The number of amides is 1. The standard InChI is InChI=1S/C24H26ClN5O4/c1-14-21(29-20-5-4-15(26-3)8-19(20)25)27-13-28-22(14)33-18-9-16-11-32-12-17(10-18)30(16)23(31)34-24(2)6-7-24/h4-5,8,13,16-18H,6-7,9-12H2,1-2H3,(H,27,28,29). The van der Waals surface area contributed by atoms with Crippen molar-refractivity contribution in [2.75, 3.05) is 18.5 Å². The van der Waals surface area contributed by atoms with Crippen molar-refractivity contribution in [1.82, 2.24) is 14.9 Å². The molecule has 2 atom stereocenters. The lowest BCUT2D eigenvalue weighted by Crippen LogP contribution is -2.61. The summed E-state index contributed by atoms with van der Waals surface area (Å²) >= 11 is 6.31. The van der Waals surface area contributed by atoms with Crippen LogP contribution in [0.5, 0.6) is 5.88 Å². The number of rotatable bonds is 5. The van der Waals surface area contributed by atoms with Gasteiger partial charge in [0, 0.05) is 12.8 Å². The summed E-state index contributed by atoms with van der Waals surface area (Å²) in [5, 5.41) is 3.64. The Morgan fingerprint density at radius 2 is 2.03 bits per heavy atom. The van der Waals surface area contributed by atoms with Crippen molar-refractivity contribution in [1.29, 1.82) is 0 Å². The molecule has 0 spiro atoms. The Morgan fingerprint density at radius 3 is 2.68 bits per heavy atom. The Hall–Kier alpha value is -3.09. The molecule has 1 N–H and O–H groups in total. The van der Waals surface area contributed by atoms with Crippen molar-refractivity contribution in [3.8, 4) is 5.88 Å². The molecule has 0 radical (unpaired) electrons. The van der Waals surface area contributed by atoms with E-state index in [4.69, 9.17) is 32.4 Å². The molecule has 34 heavy (non-hydrogen) atoms. The number of aromatic nitrogens is 2. The highest BCUT2D eigenvalue weighted by atomic mass is 35.5. The molecule has 178 valence electrons. The number of carbonyl (C=O) groups excluding carboxylic acids is 1. The average Bonchev–Trinajstić information content (AvgIpc) is 3.53. The van der Waals surface area contributed by atoms with Crippen LogP contribution in [-0.4, -0.2) is 58.0 Å². The van der Waals surface area contributed by atoms with Crippen LogP contribution in [0.25, 0.3) is 4.85 Å². The van der Waals surface area contributed by atoms with Gasteiger partial charge in [0.1, 0.15) is 23.9 Å². The van der Waals surface area contributed by atoms with Crippen LogP contribution in [0.1, 0.15) is 38.2 Å². The number of hydrogen-bond donors (Lipinski definition) is 1. The molecule has 3 fully saturated rings. The van der Waals surface area contributed by atoms with Gasteiger partial charge >= 0.3 is 6.09 Å². The number of hydrogen-bond acceptors (Lipinski definition) is 7. The predicted octanol–water partition coefficient (Wildman–Crippen LogP) is 5.03. The maximum Gasteiger partial charge on any atom is 0.410 e. The zero-order valence-electron chi connectivity index (χ0n) is 19.1. The predicted molar refractivity (Wildman–Crippen MR) is 126 cm³/mol. The second-order valence-corrected chi connectivity index (χ2v) is 9.74. The van der Waals surface area contributed by atoms with Crippen molar-refractivity contribution < 1.29 is 19.0 Å². The molecule has 2 aliphatic heterocycles. The summed E-state index contributed by atoms with van der Waals surface area (Å²) in [6.07, 6.45) is 4.20. The number of nitrogens with one attached hydrogen (secondary N) is 1. The number of ether oxygens (including phenoxy) is 3. The fourth-order valence-corrected chi connectivity index (χ4v) is 4.66. The summed E-state index contributed by atoms with van der Waals surface area (Å²) in [5.41, 5.74) is 1.55. The van der Waals surface area contributed by atoms with Gasteiger partial charge in [0.25, 0.3) is 0 Å². The SMILES string of the molecule is [C-]#[N+]c1ccc(Nc2ncnc(OC3CC4COCC(C3)N4C(=O)OC3(C)CC3)c2C)c(Cl)c1. The fourth-order valence-electron chi connectivity index (χ4n) is 4.44. The summed E-state index contributed by atoms with van der Waals surface area (Å²) in [6, 6.07) is 4.86. The van der Waals surface area contributed by atoms with Gasteiger partial charge < -0.3 is 19.5 Å². The van der Waals surface area contributed by atoms with E-state index in [0.29, 0.717) is 54.2 Å². The monoisotopic (exact) mass is 483 g/mol. The Labute approximate surface area is 203 Å². The quantitative estimate of drug-likeness (QED) is 0.596. The van der Waals surface area contributed by atoms with E-state index in [9.17, 15) is 4.79 Å². The molecule has 1 amide bonds. The fraction of sp³-hybridized carbons (Fsp3) is 0.500. The molecule has 10 heteroatoms. The van der Waals surface area contributed by atoms with Crippen LogP contribution in [-0.2, 0) is 9.47 Å². The molecule has 3 heterocycles. The average molecular weight is 484 g/mol. The lowest BCUT2D eigenvalue weighted by molar-refractivity contribution is -0.0956. The van der Waals surface area contributed by atoms with Crippen LogP contribution in [0.15, 0.2) is 24.5 Å². The van der Waals surface area contributed by atoms with E-state index in [-0.39, 0.29) is 29.9 Å². The van der Waals surface area contributed by atoms with Gasteiger partial charge in [-0.3, -0.25) is 4.90 Å². The Bertz CT molecular complexity index is 1130. The van der Waals surface area contributed by atoms with Crippen LogP contribution in [0.3, 0.4) is 0 Å². The Morgan fingerprint density at radius 1 is 1.29 bits per heavy atom. The van der Waals surface area contributed by atoms with Crippen molar-refractivity contribution >= 4 is 34.9 Å². The minimum Gasteiger partial charge on any atom is -0.474 e. The van der Waals surface area contributed by atoms with Gasteiger partial charge in [0.2, 0.25) is 5.88 Å². The largest absolute Gasteiger partial charge is 0.474 e. The highest BCUT2D eigenvalue weighted by Crippen LogP contribution is 2.41. The van der Waals surface area contributed by atoms with E-state index in [1.165, 1.54) is 6.33 Å². The number of anilines is 2. The van der Waals surface area contributed by atoms with E-state index in [0.717, 1.165) is 18.4 Å². The lowest BCUT2D eigenvalue weighted by Gasteiger charge is -2.47. The van der Waals surface area contributed by atoms with E-state index in [1.807, 2.05) is 18.7 Å². The van der Waals surface area contributed by atoms with Gasteiger partial charge in [-0.05, 0) is 38.8 Å². The molecule has 9 nitrogen and oxygen atoms in total. The highest BCUT2D eigenvalue weighted by Gasteiger charge is 2.48. The number of nitrogens with zero attached hydrogens (tertiary/aromatic N) is 4. The second kappa shape index (κ2) is 8.93. The smallest absolute Gasteiger partial charge is 0.410 e. The van der Waals surface area contributed by atoms with Crippen molar-refractivity contribution in [2.45, 2.75) is 63.3 Å². The number of halogens is 1. The zero-order valence-corrected chi connectivity index (χ0v) is 19.8. The van der Waals surface area contributed by atoms with Gasteiger partial charge in [-0.1, -0.05) is 17.7 Å². The normalized spacial score (nSPS) is 24.6. The number of morpholine rings is 1. The van der Waals surface area contributed by atoms with Gasteiger partial charge in [0.15, 0.2) is 5.69 Å². The van der Waals surface area contributed by atoms with E-state index >= 15 is 0 Å². The van der Waals surface area contributed by atoms with Crippen LogP contribution in [0.2, 0.25) is 5.02 Å². The third-order valence-corrected chi connectivity index (χ3v) is 6.94. The van der Waals surface area contributed by atoms with Crippen LogP contribution >= 0.6 is 11.6 Å². The molecule has 5 rings (SSSR count). The molecule has 2 unspecified atom stereocenters. The first-order chi connectivity index (χ1) is 16.3. The number of piperidine rings is 1. The number of carbonyl (C=O) groups is 1. The maximum absolute atomic E-state index is 12.8. The van der Waals surface area contributed by atoms with Crippen molar-refractivity contribution in [3.05, 3.63) is 46.5 Å². The van der Waals surface area contributed by atoms with Gasteiger partial charge in [-0.25, -0.2) is 19.6 Å². The van der Waals surface area contributed by atoms with Crippen LogP contribution in [0.4, 0.5) is 22.0 Å². The summed E-state index contributed by atoms with van der Waals surface area (Å²) in [4.78, 5) is 26.7. The molecule has 2 saturated heterocycles. The number of benzene rings is 1. The summed E-state index contributed by atoms with van der Waals surface area (Å²) in [7, 11) is 0. The summed E-state index contributed by atoms with van der Waals surface area (Å²) in [5.74, 6) is 1.06. The van der Waals surface area contributed by atoms with Gasteiger partial charge in [-0.15, -0.1) is 0 Å². The van der Waals surface area contributed by atoms with E-state index in [2.05, 4.69) is 20.1 Å². The van der Waals surface area contributed by atoms with Crippen molar-refractivity contribution in [2.24, 2.45) is 0 Å². The first kappa shape index (κ1) is 22.7. The molecule has 1 saturated carbocycles. The molecule has 2 aromatic rings. The summed E-state index contributed by atoms with van der Waals surface area (Å²) < 4.78 is 17.8. The third-order valence-electron chi connectivity index (χ3n) is 6.63. The Balaban J connectivity index is 1.28. The number of fused-ring (bicyclic) bond motifs is 2. The van der Waals surface area contributed by atoms with E-state index < -0.39 is 0 Å². The van der Waals surface area contributed by atoms with Gasteiger partial charge in [0.05, 0.1) is 48.1 Å². The molecule has 1 aromatic heterocycles. The molecule has 1 aliphatic carbocycles. The minimum atomic E-state index is -0.305. The van der Waals surface area contributed by atoms with Crippen LogP contribution < -0.4 is 10.1 Å². The molecule has 1 aromatic carbocycles. The first-order valence-corrected chi connectivity index (χ1v) is 11.7. The van der Waals surface area contributed by atoms with Crippen LogP contribution in [0, 0.1) is 13.5 Å². The van der Waals surface area contributed by atoms with Gasteiger partial charge in [-0.2, -0.15) is 0 Å². The second-order valence-electron chi connectivity index (χ2n) is 9.33.